The third-order valence-electron chi connectivity index (χ3n) is 7.71. The number of carbonyl (C=O) groups excluding carboxylic acids is 5. The van der Waals surface area contributed by atoms with Crippen LogP contribution in [0.5, 0.6) is 0 Å². The van der Waals surface area contributed by atoms with Crippen LogP contribution in [0, 0.1) is 11.8 Å². The number of halogens is 1. The number of ketones is 2. The highest BCUT2D eigenvalue weighted by atomic mass is 35.5. The van der Waals surface area contributed by atoms with Crippen LogP contribution in [0.4, 0.5) is 5.69 Å². The van der Waals surface area contributed by atoms with E-state index < -0.39 is 41.2 Å². The van der Waals surface area contributed by atoms with Gasteiger partial charge in [-0.25, -0.2) is 0 Å². The summed E-state index contributed by atoms with van der Waals surface area (Å²) in [5.74, 6) is -1.67. The van der Waals surface area contributed by atoms with Gasteiger partial charge in [-0.2, -0.15) is 67.5 Å². The summed E-state index contributed by atoms with van der Waals surface area (Å²) in [5.41, 5.74) is 1.35. The summed E-state index contributed by atoms with van der Waals surface area (Å²) in [4.78, 5) is 64.5. The average molecular weight is 672 g/mol. The second kappa shape index (κ2) is 16.0. The normalized spacial score (nSPS) is 27.1. The molecule has 2 saturated heterocycles. The molecule has 2 N–H and O–H groups in total. The second-order valence-corrected chi connectivity index (χ2v) is 10.7. The Balaban J connectivity index is 0.00000304. The molecule has 0 unspecified atom stereocenters. The van der Waals surface area contributed by atoms with E-state index in [1.165, 1.54) is 4.90 Å². The van der Waals surface area contributed by atoms with Crippen molar-refractivity contribution in [2.75, 3.05) is 18.5 Å². The zero-order valence-corrected chi connectivity index (χ0v) is 27.7. The summed E-state index contributed by atoms with van der Waals surface area (Å²) in [7, 11) is 0. The smallest absolute Gasteiger partial charge is 0.292 e. The molecule has 5 rings (SSSR count). The lowest BCUT2D eigenvalue weighted by atomic mass is 9.78. The number of hydrogen-bond acceptors (Lipinski definition) is 6. The fourth-order valence-electron chi connectivity index (χ4n) is 5.68. The number of alkyl halides is 1. The van der Waals surface area contributed by atoms with Crippen molar-refractivity contribution in [2.24, 2.45) is 11.8 Å². The van der Waals surface area contributed by atoms with E-state index in [-0.39, 0.29) is 105 Å². The average Bonchev–Trinajstić information content (AvgIpc) is 3.38. The summed E-state index contributed by atoms with van der Waals surface area (Å²) in [6.45, 7) is 2.30. The molecule has 4 atom stereocenters. The molecule has 40 heavy (non-hydrogen) atoms. The van der Waals surface area contributed by atoms with E-state index in [0.717, 1.165) is 25.7 Å². The van der Waals surface area contributed by atoms with Crippen LogP contribution >= 0.6 is 79.1 Å². The number of fused-ring (bicyclic) bond motifs is 2. The van der Waals surface area contributed by atoms with Crippen molar-refractivity contribution < 1.29 is 28.7 Å². The maximum Gasteiger partial charge on any atom is 0.292 e. The predicted octanol–water partition coefficient (Wildman–Crippen LogP) is 2.03. The molecular formula is C25H38ClN3O6S5. The topological polar surface area (TPSA) is 122 Å². The van der Waals surface area contributed by atoms with Gasteiger partial charge in [-0.1, -0.05) is 19.8 Å². The monoisotopic (exact) mass is 671 g/mol. The van der Waals surface area contributed by atoms with Crippen LogP contribution in [0.15, 0.2) is 18.2 Å². The number of amides is 3. The third kappa shape index (κ3) is 7.67. The minimum absolute atomic E-state index is 0. The molecule has 226 valence electrons. The molecule has 3 fully saturated rings. The summed E-state index contributed by atoms with van der Waals surface area (Å²) in [6.07, 6.45) is 2.89. The number of benzene rings is 1. The molecule has 0 spiro atoms. The van der Waals surface area contributed by atoms with Crippen LogP contribution in [0.25, 0.3) is 0 Å². The summed E-state index contributed by atoms with van der Waals surface area (Å²) >= 11 is 6.40. The highest BCUT2D eigenvalue weighted by Gasteiger charge is 2.53. The molecule has 1 saturated carbocycles. The molecule has 3 aliphatic heterocycles. The van der Waals surface area contributed by atoms with Gasteiger partial charge >= 0.3 is 0 Å². The third-order valence-corrected chi connectivity index (χ3v) is 8.10. The Morgan fingerprint density at radius 1 is 1.05 bits per heavy atom. The van der Waals surface area contributed by atoms with Gasteiger partial charge in [-0.15, -0.1) is 11.6 Å². The Morgan fingerprint density at radius 3 is 2.35 bits per heavy atom. The van der Waals surface area contributed by atoms with Crippen molar-refractivity contribution >= 4 is 114 Å². The van der Waals surface area contributed by atoms with Gasteiger partial charge in [0.15, 0.2) is 5.78 Å². The van der Waals surface area contributed by atoms with Crippen molar-refractivity contribution in [3.8, 4) is 0 Å². The van der Waals surface area contributed by atoms with E-state index in [1.54, 1.807) is 18.2 Å². The fraction of sp³-hybridized carbons (Fsp3) is 0.560. The first-order chi connectivity index (χ1) is 16.7. The van der Waals surface area contributed by atoms with E-state index in [2.05, 4.69) is 17.6 Å². The number of nitrogens with zero attached hydrogens (tertiary/aromatic N) is 1. The van der Waals surface area contributed by atoms with Crippen molar-refractivity contribution in [3.63, 3.8) is 0 Å². The Hall–Kier alpha value is -1.03. The van der Waals surface area contributed by atoms with Gasteiger partial charge in [0.05, 0.1) is 5.38 Å². The first-order valence-corrected chi connectivity index (χ1v) is 12.5. The number of anilines is 1. The molecule has 4 aliphatic rings. The highest BCUT2D eigenvalue weighted by molar-refractivity contribution is 7.60. The van der Waals surface area contributed by atoms with Gasteiger partial charge in [-0.3, -0.25) is 24.0 Å². The number of likely N-dealkylation sites (tertiary alicyclic amines) is 1. The molecule has 0 bridgehead atoms. The standard InChI is InChI=1S/C25H28ClN3O6.5H2S/c1-12-2-4-13(5-3-12)20(25(34)29-10-16(26)22-21(29)19(31)11-35-22)28-23(32)14-6-7-17-15(8-14)9-18(30)24(33)27-17;;;;;/h6-8,12-13,16,20-22H,2-5,9-11H2,1H3,(H,27,33)(H,28,32);5*1H2/t12?,13?,16-,20-,21+,22+;;;;;/m0...../s1. The number of ether oxygens (including phenoxy) is 1. The van der Waals surface area contributed by atoms with Crippen LogP contribution in [0.3, 0.4) is 0 Å². The minimum Gasteiger partial charge on any atom is -0.366 e. The number of Topliss-reactive ketones (excluding diaryl/α,β-unsaturated/α-hetero) is 2. The Kier molecular flexibility index (Phi) is 15.6. The zero-order chi connectivity index (χ0) is 24.9. The number of rotatable bonds is 4. The summed E-state index contributed by atoms with van der Waals surface area (Å²) < 4.78 is 5.52. The maximum absolute atomic E-state index is 13.8. The lowest BCUT2D eigenvalue weighted by Gasteiger charge is -2.35. The molecule has 0 radical (unpaired) electrons. The summed E-state index contributed by atoms with van der Waals surface area (Å²) in [5, 5.41) is 4.97. The second-order valence-electron chi connectivity index (χ2n) is 10.1. The van der Waals surface area contributed by atoms with Crippen LogP contribution in [0.1, 0.15) is 48.5 Å². The lowest BCUT2D eigenvalue weighted by Crippen LogP contribution is -2.55. The predicted molar refractivity (Wildman–Crippen MR) is 178 cm³/mol. The van der Waals surface area contributed by atoms with Gasteiger partial charge in [-0.05, 0) is 48.4 Å². The zero-order valence-electron chi connectivity index (χ0n) is 21.9. The van der Waals surface area contributed by atoms with Gasteiger partial charge in [0.1, 0.15) is 24.8 Å². The van der Waals surface area contributed by atoms with Gasteiger partial charge < -0.3 is 20.3 Å². The van der Waals surface area contributed by atoms with Crippen molar-refractivity contribution in [1.82, 2.24) is 10.2 Å². The molecule has 3 amide bonds. The molecule has 1 aromatic carbocycles. The maximum atomic E-state index is 13.8. The molecule has 3 heterocycles. The largest absolute Gasteiger partial charge is 0.366 e. The Bertz CT molecular complexity index is 1120. The molecular weight excluding hydrogens is 634 g/mol. The highest BCUT2D eigenvalue weighted by Crippen LogP contribution is 2.35. The van der Waals surface area contributed by atoms with E-state index >= 15 is 0 Å². The lowest BCUT2D eigenvalue weighted by molar-refractivity contribution is -0.139. The Labute approximate surface area is 273 Å². The number of carbonyl (C=O) groups is 5. The van der Waals surface area contributed by atoms with Gasteiger partial charge in [0.25, 0.3) is 11.8 Å². The molecule has 9 nitrogen and oxygen atoms in total. The van der Waals surface area contributed by atoms with E-state index in [1.807, 2.05) is 0 Å². The number of nitrogens with one attached hydrogen (secondary N) is 2. The van der Waals surface area contributed by atoms with Crippen LogP contribution in [0.2, 0.25) is 0 Å². The van der Waals surface area contributed by atoms with E-state index in [9.17, 15) is 24.0 Å². The van der Waals surface area contributed by atoms with Crippen LogP contribution in [-0.2, 0) is 30.3 Å². The molecule has 0 aromatic heterocycles. The van der Waals surface area contributed by atoms with Crippen molar-refractivity contribution in [2.45, 2.75) is 62.6 Å². The molecule has 1 aromatic rings. The van der Waals surface area contributed by atoms with E-state index in [4.69, 9.17) is 16.3 Å². The SMILES string of the molecule is CC1CCC([C@H](NC(=O)c2ccc3c(c2)CC(=O)C(=O)N3)C(=O)N2C[C@H](Cl)[C@H]3OCC(=O)[C@H]32)CC1.S.S.S.S.S. The van der Waals surface area contributed by atoms with Crippen LogP contribution in [-0.4, -0.2) is 70.9 Å². The fourth-order valence-corrected chi connectivity index (χ4v) is 6.04. The van der Waals surface area contributed by atoms with Crippen molar-refractivity contribution in [1.29, 1.82) is 0 Å². The first-order valence-electron chi connectivity index (χ1n) is 12.1. The van der Waals surface area contributed by atoms with Crippen molar-refractivity contribution in [3.05, 3.63) is 29.3 Å². The molecule has 15 heteroatoms. The first kappa shape index (κ1) is 39.0. The minimum atomic E-state index is -0.802. The number of hydrogen-bond donors (Lipinski definition) is 2. The van der Waals surface area contributed by atoms with Gasteiger partial charge in [0.2, 0.25) is 11.7 Å². The van der Waals surface area contributed by atoms with Gasteiger partial charge in [0, 0.05) is 24.2 Å². The van der Waals surface area contributed by atoms with Crippen LogP contribution < -0.4 is 10.6 Å². The van der Waals surface area contributed by atoms with E-state index in [0.29, 0.717) is 22.7 Å². The molecule has 1 aliphatic carbocycles. The Morgan fingerprint density at radius 2 is 1.70 bits per heavy atom. The summed E-state index contributed by atoms with van der Waals surface area (Å²) in [6, 6.07) is 3.20. The quantitative estimate of drug-likeness (QED) is 0.373.